The van der Waals surface area contributed by atoms with Crippen molar-refractivity contribution in [3.8, 4) is 33.4 Å². The molecule has 6 aromatic carbocycles. The van der Waals surface area contributed by atoms with Gasteiger partial charge < -0.3 is 4.90 Å². The highest BCUT2D eigenvalue weighted by Crippen LogP contribution is 2.40. The summed E-state index contributed by atoms with van der Waals surface area (Å²) in [5.74, 6) is 0. The molecule has 0 bridgehead atoms. The minimum absolute atomic E-state index is 0.0292. The first-order valence-corrected chi connectivity index (χ1v) is 15.3. The Morgan fingerprint density at radius 3 is 1.41 bits per heavy atom. The highest BCUT2D eigenvalue weighted by molar-refractivity contribution is 5.84. The third kappa shape index (κ3) is 5.53. The summed E-state index contributed by atoms with van der Waals surface area (Å²) in [7, 11) is 0. The van der Waals surface area contributed by atoms with E-state index in [1.807, 2.05) is 0 Å². The van der Waals surface area contributed by atoms with Crippen molar-refractivity contribution in [1.29, 1.82) is 0 Å². The summed E-state index contributed by atoms with van der Waals surface area (Å²) in [4.78, 5) is 2.38. The number of allylic oxidation sites excluding steroid dienone is 3. The fourth-order valence-corrected chi connectivity index (χ4v) is 6.20. The Morgan fingerprint density at radius 2 is 0.886 bits per heavy atom. The standard InChI is InChI=1S/C43H35N/c1-43(37-17-9-4-10-18-37)31-29-40(30-32-43)44(38-25-21-34(22-26-38)33-13-5-2-6-14-33)39-27-23-36(24-28-39)42-20-12-11-19-41(42)35-15-7-3-8-16-35/h2-31H,32H2,1H3. The molecular formula is C43H35N. The quantitative estimate of drug-likeness (QED) is 0.186. The molecule has 7 rings (SSSR count). The Labute approximate surface area is 261 Å². The van der Waals surface area contributed by atoms with Gasteiger partial charge >= 0.3 is 0 Å². The van der Waals surface area contributed by atoms with Gasteiger partial charge in [0.2, 0.25) is 0 Å². The van der Waals surface area contributed by atoms with Crippen molar-refractivity contribution in [2.24, 2.45) is 0 Å². The lowest BCUT2D eigenvalue weighted by molar-refractivity contribution is 0.595. The maximum atomic E-state index is 2.39. The number of nitrogens with zero attached hydrogens (tertiary/aromatic N) is 1. The molecule has 212 valence electrons. The van der Waals surface area contributed by atoms with Crippen LogP contribution in [0.1, 0.15) is 18.9 Å². The molecule has 0 amide bonds. The fourth-order valence-electron chi connectivity index (χ4n) is 6.20. The zero-order chi connectivity index (χ0) is 29.8. The summed E-state index contributed by atoms with van der Waals surface area (Å²) < 4.78 is 0. The average molecular weight is 566 g/mol. The van der Waals surface area contributed by atoms with Crippen LogP contribution < -0.4 is 4.90 Å². The molecule has 0 N–H and O–H groups in total. The largest absolute Gasteiger partial charge is 0.311 e. The molecule has 44 heavy (non-hydrogen) atoms. The summed E-state index contributed by atoms with van der Waals surface area (Å²) in [6, 6.07) is 58.6. The van der Waals surface area contributed by atoms with Crippen molar-refractivity contribution in [1.82, 2.24) is 0 Å². The molecule has 1 nitrogen and oxygen atoms in total. The molecule has 0 saturated heterocycles. The molecule has 1 aliphatic rings. The summed E-state index contributed by atoms with van der Waals surface area (Å²) >= 11 is 0. The van der Waals surface area contributed by atoms with Crippen LogP contribution in [0.15, 0.2) is 188 Å². The maximum Gasteiger partial charge on any atom is 0.0461 e. The Hall–Kier alpha value is -5.40. The maximum absolute atomic E-state index is 2.39. The second kappa shape index (κ2) is 12.1. The lowest BCUT2D eigenvalue weighted by atomic mass is 9.77. The molecule has 1 heteroatoms. The molecule has 0 radical (unpaired) electrons. The van der Waals surface area contributed by atoms with Crippen LogP contribution >= 0.6 is 0 Å². The Morgan fingerprint density at radius 1 is 0.455 bits per heavy atom. The predicted molar refractivity (Wildman–Crippen MR) is 187 cm³/mol. The van der Waals surface area contributed by atoms with E-state index in [1.165, 1.54) is 44.6 Å². The third-order valence-electron chi connectivity index (χ3n) is 8.73. The van der Waals surface area contributed by atoms with Crippen LogP contribution in [0.5, 0.6) is 0 Å². The molecule has 1 aliphatic carbocycles. The molecule has 0 heterocycles. The molecule has 1 atom stereocenters. The molecule has 0 saturated carbocycles. The number of rotatable bonds is 7. The Kier molecular flexibility index (Phi) is 7.53. The van der Waals surface area contributed by atoms with E-state index < -0.39 is 0 Å². The van der Waals surface area contributed by atoms with Crippen molar-refractivity contribution >= 4 is 11.4 Å². The molecule has 0 spiro atoms. The average Bonchev–Trinajstić information content (AvgIpc) is 3.11. The highest BCUT2D eigenvalue weighted by atomic mass is 15.1. The van der Waals surface area contributed by atoms with Crippen LogP contribution in [0.25, 0.3) is 33.4 Å². The predicted octanol–water partition coefficient (Wildman–Crippen LogP) is 11.6. The smallest absolute Gasteiger partial charge is 0.0461 e. The molecule has 0 fully saturated rings. The van der Waals surface area contributed by atoms with E-state index in [2.05, 4.69) is 194 Å². The van der Waals surface area contributed by atoms with Crippen LogP contribution in [0, 0.1) is 0 Å². The van der Waals surface area contributed by atoms with Crippen molar-refractivity contribution in [3.05, 3.63) is 193 Å². The van der Waals surface area contributed by atoms with Gasteiger partial charge in [-0.25, -0.2) is 0 Å². The van der Waals surface area contributed by atoms with Gasteiger partial charge in [0.15, 0.2) is 0 Å². The van der Waals surface area contributed by atoms with Crippen molar-refractivity contribution in [3.63, 3.8) is 0 Å². The van der Waals surface area contributed by atoms with Gasteiger partial charge in [0.1, 0.15) is 0 Å². The second-order valence-corrected chi connectivity index (χ2v) is 11.7. The van der Waals surface area contributed by atoms with Crippen LogP contribution in [0.3, 0.4) is 0 Å². The molecule has 0 aromatic heterocycles. The Bertz CT molecular complexity index is 1900. The normalized spacial score (nSPS) is 15.9. The van der Waals surface area contributed by atoms with E-state index in [1.54, 1.807) is 0 Å². The lowest BCUT2D eigenvalue weighted by Gasteiger charge is -2.33. The van der Waals surface area contributed by atoms with Gasteiger partial charge in [-0.3, -0.25) is 0 Å². The topological polar surface area (TPSA) is 3.24 Å². The van der Waals surface area contributed by atoms with E-state index in [4.69, 9.17) is 0 Å². The zero-order valence-electron chi connectivity index (χ0n) is 25.0. The van der Waals surface area contributed by atoms with E-state index in [9.17, 15) is 0 Å². The second-order valence-electron chi connectivity index (χ2n) is 11.7. The van der Waals surface area contributed by atoms with Crippen LogP contribution in [0.4, 0.5) is 11.4 Å². The SMILES string of the molecule is CC1(c2ccccc2)C=CC(N(c2ccc(-c3ccccc3)cc2)c2ccc(-c3ccccc3-c3ccccc3)cc2)=CC1. The van der Waals surface area contributed by atoms with Gasteiger partial charge in [-0.05, 0) is 75.7 Å². The lowest BCUT2D eigenvalue weighted by Crippen LogP contribution is -2.24. The van der Waals surface area contributed by atoms with Gasteiger partial charge in [0.25, 0.3) is 0 Å². The molecular weight excluding hydrogens is 530 g/mol. The summed E-state index contributed by atoms with van der Waals surface area (Å²) in [5, 5.41) is 0. The molecule has 1 unspecified atom stereocenters. The van der Waals surface area contributed by atoms with E-state index in [-0.39, 0.29) is 5.41 Å². The van der Waals surface area contributed by atoms with Gasteiger partial charge in [-0.15, -0.1) is 0 Å². The first kappa shape index (κ1) is 27.4. The summed E-state index contributed by atoms with van der Waals surface area (Å²) in [5.41, 5.74) is 12.1. The van der Waals surface area contributed by atoms with Gasteiger partial charge in [0, 0.05) is 22.5 Å². The van der Waals surface area contributed by atoms with Gasteiger partial charge in [-0.1, -0.05) is 159 Å². The fraction of sp³-hybridized carbons (Fsp3) is 0.0698. The number of anilines is 2. The molecule has 0 aliphatic heterocycles. The minimum Gasteiger partial charge on any atom is -0.311 e. The number of benzene rings is 6. The van der Waals surface area contributed by atoms with Crippen molar-refractivity contribution < 1.29 is 0 Å². The molecule has 6 aromatic rings. The highest BCUT2D eigenvalue weighted by Gasteiger charge is 2.27. The first-order valence-electron chi connectivity index (χ1n) is 15.3. The summed E-state index contributed by atoms with van der Waals surface area (Å²) in [6.07, 6.45) is 7.98. The van der Waals surface area contributed by atoms with Crippen LogP contribution in [-0.2, 0) is 5.41 Å². The van der Waals surface area contributed by atoms with E-state index in [0.29, 0.717) is 0 Å². The zero-order valence-corrected chi connectivity index (χ0v) is 25.0. The van der Waals surface area contributed by atoms with Crippen molar-refractivity contribution in [2.75, 3.05) is 4.90 Å². The van der Waals surface area contributed by atoms with Gasteiger partial charge in [0.05, 0.1) is 0 Å². The third-order valence-corrected chi connectivity index (χ3v) is 8.73. The Balaban J connectivity index is 1.25. The number of hydrogen-bond donors (Lipinski definition) is 0. The van der Waals surface area contributed by atoms with E-state index in [0.717, 1.165) is 17.8 Å². The van der Waals surface area contributed by atoms with E-state index >= 15 is 0 Å². The minimum atomic E-state index is -0.0292. The first-order chi connectivity index (χ1) is 21.7. The van der Waals surface area contributed by atoms with Crippen LogP contribution in [-0.4, -0.2) is 0 Å². The monoisotopic (exact) mass is 565 g/mol. The van der Waals surface area contributed by atoms with Crippen LogP contribution in [0.2, 0.25) is 0 Å². The summed E-state index contributed by atoms with van der Waals surface area (Å²) in [6.45, 7) is 2.32. The number of hydrogen-bond acceptors (Lipinski definition) is 1. The van der Waals surface area contributed by atoms with Gasteiger partial charge in [-0.2, -0.15) is 0 Å². The van der Waals surface area contributed by atoms with Crippen molar-refractivity contribution in [2.45, 2.75) is 18.8 Å².